The summed E-state index contributed by atoms with van der Waals surface area (Å²) >= 11 is 6.04. The maximum Gasteiger partial charge on any atom is 0.129 e. The van der Waals surface area contributed by atoms with Crippen LogP contribution in [0.15, 0.2) is 66.9 Å². The monoisotopic (exact) mass is 352 g/mol. The molecule has 0 aliphatic carbocycles. The summed E-state index contributed by atoms with van der Waals surface area (Å²) in [5.41, 5.74) is 4.47. The Morgan fingerprint density at radius 3 is 2.60 bits per heavy atom. The lowest BCUT2D eigenvalue weighted by Gasteiger charge is -2.16. The van der Waals surface area contributed by atoms with Gasteiger partial charge in [0.2, 0.25) is 0 Å². The van der Waals surface area contributed by atoms with E-state index >= 15 is 0 Å². The third-order valence-corrected chi connectivity index (χ3v) is 4.42. The van der Waals surface area contributed by atoms with Crippen molar-refractivity contribution in [3.63, 3.8) is 0 Å². The molecule has 1 heterocycles. The average Bonchev–Trinajstić information content (AvgIpc) is 2.66. The standard InChI is InChI=1S/C21H21ClN2O/c1-15(17-6-4-3-5-7-17)24-14-16-8-9-20(25-2)19(12-16)18-10-11-23-21(22)13-18/h3-13,15,24H,14H2,1-2H3/t15-/m1/s1. The van der Waals surface area contributed by atoms with E-state index in [-0.39, 0.29) is 6.04 Å². The molecule has 0 saturated carbocycles. The van der Waals surface area contributed by atoms with Crippen molar-refractivity contribution in [2.45, 2.75) is 19.5 Å². The summed E-state index contributed by atoms with van der Waals surface area (Å²) in [4.78, 5) is 4.05. The van der Waals surface area contributed by atoms with E-state index in [1.54, 1.807) is 13.3 Å². The first-order chi connectivity index (χ1) is 12.2. The molecule has 1 atom stereocenters. The van der Waals surface area contributed by atoms with Crippen LogP contribution in [0.2, 0.25) is 5.15 Å². The van der Waals surface area contributed by atoms with Crippen molar-refractivity contribution in [2.24, 2.45) is 0 Å². The van der Waals surface area contributed by atoms with Gasteiger partial charge in [0.25, 0.3) is 0 Å². The molecule has 0 radical (unpaired) electrons. The normalized spacial score (nSPS) is 12.0. The van der Waals surface area contributed by atoms with Gasteiger partial charge < -0.3 is 10.1 Å². The summed E-state index contributed by atoms with van der Waals surface area (Å²) in [7, 11) is 1.68. The molecule has 0 aliphatic rings. The van der Waals surface area contributed by atoms with E-state index in [2.05, 4.69) is 53.6 Å². The molecule has 0 aliphatic heterocycles. The van der Waals surface area contributed by atoms with Crippen molar-refractivity contribution in [3.05, 3.63) is 83.1 Å². The molecule has 4 heteroatoms. The summed E-state index contributed by atoms with van der Waals surface area (Å²) in [5.74, 6) is 0.821. The molecule has 0 fully saturated rings. The maximum absolute atomic E-state index is 6.04. The lowest BCUT2D eigenvalue weighted by molar-refractivity contribution is 0.416. The van der Waals surface area contributed by atoms with Gasteiger partial charge in [-0.2, -0.15) is 0 Å². The van der Waals surface area contributed by atoms with E-state index in [0.717, 1.165) is 23.4 Å². The van der Waals surface area contributed by atoms with Crippen molar-refractivity contribution in [1.82, 2.24) is 10.3 Å². The molecule has 0 spiro atoms. The van der Waals surface area contributed by atoms with Crippen LogP contribution in [0, 0.1) is 0 Å². The SMILES string of the molecule is COc1ccc(CN[C@H](C)c2ccccc2)cc1-c1ccnc(Cl)c1. The summed E-state index contributed by atoms with van der Waals surface area (Å²) in [5, 5.41) is 4.04. The Balaban J connectivity index is 1.80. The van der Waals surface area contributed by atoms with Crippen LogP contribution >= 0.6 is 11.6 Å². The Morgan fingerprint density at radius 2 is 1.88 bits per heavy atom. The first-order valence-corrected chi connectivity index (χ1v) is 8.62. The second-order valence-electron chi connectivity index (χ2n) is 5.92. The van der Waals surface area contributed by atoms with E-state index in [9.17, 15) is 0 Å². The number of hydrogen-bond acceptors (Lipinski definition) is 3. The molecule has 25 heavy (non-hydrogen) atoms. The van der Waals surface area contributed by atoms with Gasteiger partial charge in [0, 0.05) is 24.3 Å². The molecular formula is C21H21ClN2O. The number of aromatic nitrogens is 1. The van der Waals surface area contributed by atoms with Crippen LogP contribution in [0.1, 0.15) is 24.1 Å². The zero-order chi connectivity index (χ0) is 17.6. The van der Waals surface area contributed by atoms with Gasteiger partial charge in [-0.1, -0.05) is 48.0 Å². The van der Waals surface area contributed by atoms with Crippen molar-refractivity contribution in [2.75, 3.05) is 7.11 Å². The van der Waals surface area contributed by atoms with Crippen LogP contribution in [0.4, 0.5) is 0 Å². The van der Waals surface area contributed by atoms with Crippen LogP contribution in [-0.4, -0.2) is 12.1 Å². The van der Waals surface area contributed by atoms with E-state index in [0.29, 0.717) is 5.15 Å². The fraction of sp³-hybridized carbons (Fsp3) is 0.190. The highest BCUT2D eigenvalue weighted by molar-refractivity contribution is 6.29. The summed E-state index contributed by atoms with van der Waals surface area (Å²) in [6.07, 6.45) is 1.71. The molecule has 2 aromatic carbocycles. The molecule has 0 saturated heterocycles. The number of nitrogens with one attached hydrogen (secondary N) is 1. The number of methoxy groups -OCH3 is 1. The Morgan fingerprint density at radius 1 is 1.08 bits per heavy atom. The number of ether oxygens (including phenoxy) is 1. The Kier molecular flexibility index (Phi) is 5.69. The quantitative estimate of drug-likeness (QED) is 0.614. The molecule has 3 nitrogen and oxygen atoms in total. The van der Waals surface area contributed by atoms with Gasteiger partial charge in [-0.15, -0.1) is 0 Å². The molecule has 0 unspecified atom stereocenters. The lowest BCUT2D eigenvalue weighted by atomic mass is 10.0. The minimum absolute atomic E-state index is 0.280. The Bertz CT molecular complexity index is 836. The average molecular weight is 353 g/mol. The van der Waals surface area contributed by atoms with Crippen molar-refractivity contribution in [1.29, 1.82) is 0 Å². The number of nitrogens with zero attached hydrogens (tertiary/aromatic N) is 1. The van der Waals surface area contributed by atoms with Crippen LogP contribution in [0.3, 0.4) is 0 Å². The molecule has 0 amide bonds. The van der Waals surface area contributed by atoms with E-state index in [1.807, 2.05) is 24.3 Å². The minimum atomic E-state index is 0.280. The van der Waals surface area contributed by atoms with E-state index in [4.69, 9.17) is 16.3 Å². The number of halogens is 1. The predicted molar refractivity (Wildman–Crippen MR) is 103 cm³/mol. The summed E-state index contributed by atoms with van der Waals surface area (Å²) < 4.78 is 5.51. The molecule has 0 bridgehead atoms. The van der Waals surface area contributed by atoms with Crippen LogP contribution in [0.25, 0.3) is 11.1 Å². The van der Waals surface area contributed by atoms with Crippen molar-refractivity contribution in [3.8, 4) is 16.9 Å². The Hall–Kier alpha value is -2.36. The third kappa shape index (κ3) is 4.38. The van der Waals surface area contributed by atoms with Gasteiger partial charge in [-0.3, -0.25) is 0 Å². The number of benzene rings is 2. The molecule has 1 aromatic heterocycles. The number of rotatable bonds is 6. The smallest absolute Gasteiger partial charge is 0.129 e. The highest BCUT2D eigenvalue weighted by Gasteiger charge is 2.09. The summed E-state index contributed by atoms with van der Waals surface area (Å²) in [6, 6.07) is 20.7. The first kappa shape index (κ1) is 17.5. The van der Waals surface area contributed by atoms with Crippen LogP contribution in [-0.2, 0) is 6.54 Å². The predicted octanol–water partition coefficient (Wildman–Crippen LogP) is 5.26. The number of hydrogen-bond donors (Lipinski definition) is 1. The molecule has 1 N–H and O–H groups in total. The van der Waals surface area contributed by atoms with E-state index in [1.165, 1.54) is 11.1 Å². The fourth-order valence-corrected chi connectivity index (χ4v) is 2.97. The fourth-order valence-electron chi connectivity index (χ4n) is 2.79. The molecular weight excluding hydrogens is 332 g/mol. The van der Waals surface area contributed by atoms with Crippen molar-refractivity contribution >= 4 is 11.6 Å². The van der Waals surface area contributed by atoms with Crippen molar-refractivity contribution < 1.29 is 4.74 Å². The minimum Gasteiger partial charge on any atom is -0.496 e. The lowest BCUT2D eigenvalue weighted by Crippen LogP contribution is -2.18. The zero-order valence-corrected chi connectivity index (χ0v) is 15.1. The molecule has 128 valence electrons. The van der Waals surface area contributed by atoms with E-state index < -0.39 is 0 Å². The Labute approximate surface area is 153 Å². The van der Waals surface area contributed by atoms with Gasteiger partial charge >= 0.3 is 0 Å². The third-order valence-electron chi connectivity index (χ3n) is 4.21. The topological polar surface area (TPSA) is 34.1 Å². The van der Waals surface area contributed by atoms with Gasteiger partial charge in [-0.25, -0.2) is 4.98 Å². The van der Waals surface area contributed by atoms with Gasteiger partial charge in [0.15, 0.2) is 0 Å². The second kappa shape index (κ2) is 8.15. The van der Waals surface area contributed by atoms with Crippen LogP contribution in [0.5, 0.6) is 5.75 Å². The molecule has 3 aromatic rings. The molecule has 3 rings (SSSR count). The highest BCUT2D eigenvalue weighted by Crippen LogP contribution is 2.32. The van der Waals surface area contributed by atoms with Gasteiger partial charge in [0.1, 0.15) is 10.9 Å². The van der Waals surface area contributed by atoms with Gasteiger partial charge in [0.05, 0.1) is 7.11 Å². The second-order valence-corrected chi connectivity index (χ2v) is 6.30. The zero-order valence-electron chi connectivity index (χ0n) is 14.4. The van der Waals surface area contributed by atoms with Crippen LogP contribution < -0.4 is 10.1 Å². The maximum atomic E-state index is 6.04. The highest BCUT2D eigenvalue weighted by atomic mass is 35.5. The first-order valence-electron chi connectivity index (χ1n) is 8.24. The summed E-state index contributed by atoms with van der Waals surface area (Å²) in [6.45, 7) is 2.94. The largest absolute Gasteiger partial charge is 0.496 e. The van der Waals surface area contributed by atoms with Gasteiger partial charge in [-0.05, 0) is 47.9 Å². The number of pyridine rings is 1.